The number of amides is 1. The summed E-state index contributed by atoms with van der Waals surface area (Å²) in [5.41, 5.74) is 0.946. The van der Waals surface area contributed by atoms with Gasteiger partial charge in [0.05, 0.1) is 20.3 Å². The summed E-state index contributed by atoms with van der Waals surface area (Å²) in [6.07, 6.45) is 2.97. The van der Waals surface area contributed by atoms with Gasteiger partial charge in [0.1, 0.15) is 11.5 Å². The van der Waals surface area contributed by atoms with Crippen LogP contribution in [-0.4, -0.2) is 32.7 Å². The highest BCUT2D eigenvalue weighted by atomic mass is 16.5. The predicted octanol–water partition coefficient (Wildman–Crippen LogP) is 2.02. The second kappa shape index (κ2) is 7.31. The Hall–Kier alpha value is -1.75. The van der Waals surface area contributed by atoms with Crippen LogP contribution in [0.2, 0.25) is 0 Å². The zero-order valence-electron chi connectivity index (χ0n) is 12.9. The number of methoxy groups -OCH3 is 2. The Morgan fingerprint density at radius 3 is 2.71 bits per heavy atom. The minimum absolute atomic E-state index is 0.0496. The Bertz CT molecular complexity index is 486. The Kier molecular flexibility index (Phi) is 5.44. The average Bonchev–Trinajstić information content (AvgIpc) is 3.30. The van der Waals surface area contributed by atoms with Crippen LogP contribution in [0.25, 0.3) is 0 Å². The third-order valence-electron chi connectivity index (χ3n) is 3.65. The first-order chi connectivity index (χ1) is 10.1. The van der Waals surface area contributed by atoms with Gasteiger partial charge in [-0.2, -0.15) is 0 Å². The van der Waals surface area contributed by atoms with E-state index in [0.29, 0.717) is 12.5 Å². The van der Waals surface area contributed by atoms with Gasteiger partial charge in [-0.15, -0.1) is 0 Å². The summed E-state index contributed by atoms with van der Waals surface area (Å²) in [5.74, 6) is 1.51. The molecule has 0 bridgehead atoms. The summed E-state index contributed by atoms with van der Waals surface area (Å²) >= 11 is 0. The number of ether oxygens (including phenoxy) is 2. The van der Waals surface area contributed by atoms with Crippen molar-refractivity contribution in [2.45, 2.75) is 38.3 Å². The summed E-state index contributed by atoms with van der Waals surface area (Å²) in [5, 5.41) is 6.34. The highest BCUT2D eigenvalue weighted by molar-refractivity contribution is 5.76. The van der Waals surface area contributed by atoms with E-state index in [1.807, 2.05) is 25.1 Å². The maximum absolute atomic E-state index is 11.9. The van der Waals surface area contributed by atoms with E-state index in [1.54, 1.807) is 14.2 Å². The summed E-state index contributed by atoms with van der Waals surface area (Å²) in [6, 6.07) is 6.16. The summed E-state index contributed by atoms with van der Waals surface area (Å²) in [6.45, 7) is 2.69. The Labute approximate surface area is 126 Å². The maximum Gasteiger partial charge on any atom is 0.221 e. The first kappa shape index (κ1) is 15.6. The molecule has 0 aliphatic heterocycles. The third kappa shape index (κ3) is 4.63. The molecule has 0 radical (unpaired) electrons. The zero-order valence-corrected chi connectivity index (χ0v) is 12.9. The standard InChI is InChI=1S/C16H24N2O3/c1-11(18-16(19)8-9-17-12-4-5-12)14-7-6-13(20-2)10-15(14)21-3/h6-7,10-12,17H,4-5,8-9H2,1-3H3,(H,18,19). The highest BCUT2D eigenvalue weighted by Gasteiger charge is 2.20. The number of hydrogen-bond donors (Lipinski definition) is 2. The van der Waals surface area contributed by atoms with Crippen molar-refractivity contribution in [3.05, 3.63) is 23.8 Å². The van der Waals surface area contributed by atoms with Gasteiger partial charge in [-0.05, 0) is 31.9 Å². The molecule has 0 aromatic heterocycles. The third-order valence-corrected chi connectivity index (χ3v) is 3.65. The molecule has 5 nitrogen and oxygen atoms in total. The second-order valence-electron chi connectivity index (χ2n) is 5.38. The lowest BCUT2D eigenvalue weighted by Gasteiger charge is -2.18. The first-order valence-electron chi connectivity index (χ1n) is 7.38. The van der Waals surface area contributed by atoms with Crippen LogP contribution in [0.4, 0.5) is 0 Å². The van der Waals surface area contributed by atoms with Crippen molar-refractivity contribution in [1.82, 2.24) is 10.6 Å². The molecule has 1 aliphatic carbocycles. The van der Waals surface area contributed by atoms with Gasteiger partial charge in [-0.1, -0.05) is 0 Å². The Morgan fingerprint density at radius 2 is 2.10 bits per heavy atom. The van der Waals surface area contributed by atoms with E-state index in [9.17, 15) is 4.79 Å². The first-order valence-corrected chi connectivity index (χ1v) is 7.38. The molecule has 1 saturated carbocycles. The molecular formula is C16H24N2O3. The lowest BCUT2D eigenvalue weighted by Crippen LogP contribution is -2.30. The minimum Gasteiger partial charge on any atom is -0.497 e. The lowest BCUT2D eigenvalue weighted by molar-refractivity contribution is -0.121. The molecule has 21 heavy (non-hydrogen) atoms. The quantitative estimate of drug-likeness (QED) is 0.769. The van der Waals surface area contributed by atoms with Gasteiger partial charge in [0.15, 0.2) is 0 Å². The molecule has 1 amide bonds. The topological polar surface area (TPSA) is 59.6 Å². The fraction of sp³-hybridized carbons (Fsp3) is 0.562. The minimum atomic E-state index is -0.0979. The van der Waals surface area contributed by atoms with Crippen LogP contribution in [0, 0.1) is 0 Å². The predicted molar refractivity (Wildman–Crippen MR) is 81.7 cm³/mol. The number of hydrogen-bond acceptors (Lipinski definition) is 4. The van der Waals surface area contributed by atoms with Crippen LogP contribution < -0.4 is 20.1 Å². The molecule has 0 heterocycles. The summed E-state index contributed by atoms with van der Waals surface area (Å²) in [7, 11) is 3.24. The van der Waals surface area contributed by atoms with Crippen LogP contribution in [0.15, 0.2) is 18.2 Å². The molecule has 5 heteroatoms. The van der Waals surface area contributed by atoms with E-state index in [4.69, 9.17) is 9.47 Å². The summed E-state index contributed by atoms with van der Waals surface area (Å²) < 4.78 is 10.5. The van der Waals surface area contributed by atoms with Crippen molar-refractivity contribution in [3.63, 3.8) is 0 Å². The molecule has 116 valence electrons. The van der Waals surface area contributed by atoms with E-state index in [1.165, 1.54) is 12.8 Å². The fourth-order valence-electron chi connectivity index (χ4n) is 2.24. The van der Waals surface area contributed by atoms with Gasteiger partial charge >= 0.3 is 0 Å². The molecule has 1 aromatic carbocycles. The number of benzene rings is 1. The molecular weight excluding hydrogens is 268 g/mol. The lowest BCUT2D eigenvalue weighted by atomic mass is 10.1. The van der Waals surface area contributed by atoms with E-state index in [2.05, 4.69) is 10.6 Å². The summed E-state index contributed by atoms with van der Waals surface area (Å²) in [4.78, 5) is 11.9. The zero-order chi connectivity index (χ0) is 15.2. The molecule has 1 fully saturated rings. The molecule has 1 unspecified atom stereocenters. The van der Waals surface area contributed by atoms with Gasteiger partial charge in [-0.3, -0.25) is 4.79 Å². The fourth-order valence-corrected chi connectivity index (χ4v) is 2.24. The van der Waals surface area contributed by atoms with Gasteiger partial charge < -0.3 is 20.1 Å². The average molecular weight is 292 g/mol. The molecule has 1 aromatic rings. The number of rotatable bonds is 8. The van der Waals surface area contributed by atoms with Gasteiger partial charge in [0.2, 0.25) is 5.91 Å². The number of carbonyl (C=O) groups is 1. The van der Waals surface area contributed by atoms with Gasteiger partial charge in [0.25, 0.3) is 0 Å². The molecule has 1 atom stereocenters. The van der Waals surface area contributed by atoms with Crippen molar-refractivity contribution < 1.29 is 14.3 Å². The van der Waals surface area contributed by atoms with Crippen molar-refractivity contribution in [2.24, 2.45) is 0 Å². The van der Waals surface area contributed by atoms with Crippen molar-refractivity contribution in [2.75, 3.05) is 20.8 Å². The second-order valence-corrected chi connectivity index (χ2v) is 5.38. The molecule has 1 aliphatic rings. The number of carbonyl (C=O) groups excluding carboxylic acids is 1. The normalized spacial score (nSPS) is 15.4. The maximum atomic E-state index is 11.9. The van der Waals surface area contributed by atoms with Crippen LogP contribution >= 0.6 is 0 Å². The SMILES string of the molecule is COc1ccc(C(C)NC(=O)CCNC2CC2)c(OC)c1. The van der Waals surface area contributed by atoms with E-state index in [0.717, 1.165) is 23.6 Å². The van der Waals surface area contributed by atoms with Crippen LogP contribution in [0.1, 0.15) is 37.8 Å². The van der Waals surface area contributed by atoms with Crippen molar-refractivity contribution in [3.8, 4) is 11.5 Å². The monoisotopic (exact) mass is 292 g/mol. The molecule has 0 spiro atoms. The van der Waals surface area contributed by atoms with Crippen LogP contribution in [0.3, 0.4) is 0 Å². The van der Waals surface area contributed by atoms with Gasteiger partial charge in [0, 0.05) is 30.6 Å². The molecule has 2 N–H and O–H groups in total. The Balaban J connectivity index is 1.88. The van der Waals surface area contributed by atoms with E-state index >= 15 is 0 Å². The highest BCUT2D eigenvalue weighted by Crippen LogP contribution is 2.29. The molecule has 2 rings (SSSR count). The van der Waals surface area contributed by atoms with Crippen molar-refractivity contribution >= 4 is 5.91 Å². The Morgan fingerprint density at radius 1 is 1.33 bits per heavy atom. The van der Waals surface area contributed by atoms with Crippen LogP contribution in [0.5, 0.6) is 11.5 Å². The van der Waals surface area contributed by atoms with E-state index in [-0.39, 0.29) is 11.9 Å². The smallest absolute Gasteiger partial charge is 0.221 e. The number of nitrogens with one attached hydrogen (secondary N) is 2. The van der Waals surface area contributed by atoms with Crippen molar-refractivity contribution in [1.29, 1.82) is 0 Å². The van der Waals surface area contributed by atoms with E-state index < -0.39 is 0 Å². The molecule has 0 saturated heterocycles. The van der Waals surface area contributed by atoms with Crippen LogP contribution in [-0.2, 0) is 4.79 Å². The van der Waals surface area contributed by atoms with Gasteiger partial charge in [-0.25, -0.2) is 0 Å². The largest absolute Gasteiger partial charge is 0.497 e.